The van der Waals surface area contributed by atoms with Crippen molar-refractivity contribution in [2.75, 3.05) is 19.8 Å². The zero-order valence-corrected chi connectivity index (χ0v) is 22.7. The Morgan fingerprint density at radius 3 is 2.03 bits per heavy atom. The maximum absolute atomic E-state index is 12.3. The van der Waals surface area contributed by atoms with Crippen LogP contribution in [0.5, 0.6) is 5.75 Å². The number of aryl methyl sites for hydroxylation is 1. The minimum atomic E-state index is -1.81. The first-order valence-corrected chi connectivity index (χ1v) is 15.8. The number of ether oxygens (including phenoxy) is 3. The summed E-state index contributed by atoms with van der Waals surface area (Å²) in [6.07, 6.45) is 3.94. The third-order valence-electron chi connectivity index (χ3n) is 6.28. The standard InChI is InChI=1S/C28H41NO5Si/c1-5-32-26(30)28(29,27(31)33-6-2)20-19-23-15-17-24(18-16-23)34-21-11-8-12-22-35(3,4)25-13-9-7-10-14-25/h7,9-10,13-18H,5-6,8,11-12,19-22,29H2,1-4H3. The van der Waals surface area contributed by atoms with Gasteiger partial charge in [0.05, 0.1) is 27.9 Å². The Hall–Kier alpha value is -2.64. The van der Waals surface area contributed by atoms with Crippen molar-refractivity contribution in [3.05, 3.63) is 60.2 Å². The van der Waals surface area contributed by atoms with E-state index in [0.717, 1.165) is 24.2 Å². The van der Waals surface area contributed by atoms with Crippen LogP contribution in [0.2, 0.25) is 19.1 Å². The molecule has 0 aliphatic rings. The summed E-state index contributed by atoms with van der Waals surface area (Å²) in [6, 6.07) is 19.8. The number of carbonyl (C=O) groups excluding carboxylic acids is 2. The molecule has 7 heteroatoms. The van der Waals surface area contributed by atoms with E-state index in [2.05, 4.69) is 43.4 Å². The van der Waals surface area contributed by atoms with Gasteiger partial charge in [-0.15, -0.1) is 0 Å². The predicted molar refractivity (Wildman–Crippen MR) is 143 cm³/mol. The largest absolute Gasteiger partial charge is 0.494 e. The molecular formula is C28H41NO5Si. The molecule has 0 heterocycles. The van der Waals surface area contributed by atoms with Crippen LogP contribution in [0.25, 0.3) is 0 Å². The third-order valence-corrected chi connectivity index (χ3v) is 9.78. The molecule has 0 aliphatic heterocycles. The van der Waals surface area contributed by atoms with Gasteiger partial charge in [0.15, 0.2) is 0 Å². The quantitative estimate of drug-likeness (QED) is 0.167. The minimum Gasteiger partial charge on any atom is -0.494 e. The summed E-state index contributed by atoms with van der Waals surface area (Å²) < 4.78 is 15.9. The van der Waals surface area contributed by atoms with Gasteiger partial charge in [0.2, 0.25) is 5.54 Å². The molecule has 0 saturated carbocycles. The molecule has 192 valence electrons. The first-order valence-electron chi connectivity index (χ1n) is 12.6. The fraction of sp³-hybridized carbons (Fsp3) is 0.500. The van der Waals surface area contributed by atoms with Crippen LogP contribution in [0.15, 0.2) is 54.6 Å². The highest BCUT2D eigenvalue weighted by Crippen LogP contribution is 2.20. The second-order valence-corrected chi connectivity index (χ2v) is 14.3. The van der Waals surface area contributed by atoms with Crippen molar-refractivity contribution in [3.8, 4) is 5.75 Å². The molecule has 0 saturated heterocycles. The van der Waals surface area contributed by atoms with E-state index >= 15 is 0 Å². The molecule has 2 aromatic rings. The van der Waals surface area contributed by atoms with Crippen LogP contribution in [0.4, 0.5) is 0 Å². The molecule has 0 radical (unpaired) electrons. The zero-order valence-electron chi connectivity index (χ0n) is 21.7. The Morgan fingerprint density at radius 1 is 0.857 bits per heavy atom. The van der Waals surface area contributed by atoms with E-state index in [9.17, 15) is 9.59 Å². The lowest BCUT2D eigenvalue weighted by Crippen LogP contribution is -2.57. The zero-order chi connectivity index (χ0) is 25.7. The topological polar surface area (TPSA) is 87.9 Å². The van der Waals surface area contributed by atoms with E-state index in [-0.39, 0.29) is 19.6 Å². The number of unbranched alkanes of at least 4 members (excludes halogenated alkanes) is 2. The molecule has 2 N–H and O–H groups in total. The fourth-order valence-electron chi connectivity index (χ4n) is 3.97. The lowest BCUT2D eigenvalue weighted by molar-refractivity contribution is -0.164. The highest BCUT2D eigenvalue weighted by Gasteiger charge is 2.44. The normalized spacial score (nSPS) is 11.7. The number of hydrogen-bond donors (Lipinski definition) is 1. The van der Waals surface area contributed by atoms with Crippen LogP contribution in [0, 0.1) is 0 Å². The van der Waals surface area contributed by atoms with E-state index < -0.39 is 25.6 Å². The Balaban J connectivity index is 1.76. The molecule has 0 aliphatic carbocycles. The minimum absolute atomic E-state index is 0.105. The van der Waals surface area contributed by atoms with E-state index in [1.807, 2.05) is 24.3 Å². The summed E-state index contributed by atoms with van der Waals surface area (Å²) >= 11 is 0. The molecule has 0 spiro atoms. The second kappa shape index (κ2) is 14.0. The summed E-state index contributed by atoms with van der Waals surface area (Å²) in [5, 5.41) is 1.52. The molecular weight excluding hydrogens is 458 g/mol. The van der Waals surface area contributed by atoms with Gasteiger partial charge in [-0.1, -0.05) is 79.6 Å². The first kappa shape index (κ1) is 28.6. The maximum Gasteiger partial charge on any atom is 0.337 e. The van der Waals surface area contributed by atoms with E-state index in [1.165, 1.54) is 17.7 Å². The number of benzene rings is 2. The SMILES string of the molecule is CCOC(=O)C(N)(CCc1ccc(OCCCCC[Si](C)(C)c2ccccc2)cc1)C(=O)OCC. The number of nitrogens with two attached hydrogens (primary N) is 1. The monoisotopic (exact) mass is 499 g/mol. The van der Waals surface area contributed by atoms with Crippen molar-refractivity contribution in [3.63, 3.8) is 0 Å². The van der Waals surface area contributed by atoms with Crippen LogP contribution in [0.3, 0.4) is 0 Å². The molecule has 2 rings (SSSR count). The molecule has 2 aromatic carbocycles. The van der Waals surface area contributed by atoms with Crippen LogP contribution in [0.1, 0.15) is 45.1 Å². The van der Waals surface area contributed by atoms with Crippen molar-refractivity contribution < 1.29 is 23.8 Å². The van der Waals surface area contributed by atoms with Gasteiger partial charge in [-0.3, -0.25) is 0 Å². The number of hydrogen-bond acceptors (Lipinski definition) is 6. The van der Waals surface area contributed by atoms with Gasteiger partial charge >= 0.3 is 11.9 Å². The third kappa shape index (κ3) is 8.82. The summed E-state index contributed by atoms with van der Waals surface area (Å²) in [4.78, 5) is 24.6. The Morgan fingerprint density at radius 2 is 1.46 bits per heavy atom. The fourth-order valence-corrected chi connectivity index (χ4v) is 6.49. The smallest absolute Gasteiger partial charge is 0.337 e. The summed E-state index contributed by atoms with van der Waals surface area (Å²) in [5.41, 5.74) is 5.28. The lowest BCUT2D eigenvalue weighted by atomic mass is 9.92. The average Bonchev–Trinajstić information content (AvgIpc) is 2.86. The Labute approximate surface area is 211 Å². The van der Waals surface area contributed by atoms with Crippen molar-refractivity contribution in [2.24, 2.45) is 5.73 Å². The first-order chi connectivity index (χ1) is 16.7. The molecule has 35 heavy (non-hydrogen) atoms. The lowest BCUT2D eigenvalue weighted by Gasteiger charge is -2.24. The van der Waals surface area contributed by atoms with Crippen molar-refractivity contribution in [1.29, 1.82) is 0 Å². The molecule has 0 fully saturated rings. The molecule has 0 aromatic heterocycles. The maximum atomic E-state index is 12.3. The van der Waals surface area contributed by atoms with Crippen molar-refractivity contribution >= 4 is 25.2 Å². The molecule has 0 atom stereocenters. The van der Waals surface area contributed by atoms with Gasteiger partial charge < -0.3 is 19.9 Å². The van der Waals surface area contributed by atoms with E-state index in [4.69, 9.17) is 19.9 Å². The molecule has 0 unspecified atom stereocenters. The van der Waals surface area contributed by atoms with Gasteiger partial charge in [-0.25, -0.2) is 9.59 Å². The van der Waals surface area contributed by atoms with Crippen molar-refractivity contribution in [2.45, 2.75) is 70.6 Å². The van der Waals surface area contributed by atoms with Crippen LogP contribution < -0.4 is 15.7 Å². The predicted octanol–water partition coefficient (Wildman–Crippen LogP) is 4.61. The van der Waals surface area contributed by atoms with Gasteiger partial charge in [-0.05, 0) is 50.8 Å². The van der Waals surface area contributed by atoms with Gasteiger partial charge in [0.1, 0.15) is 5.75 Å². The van der Waals surface area contributed by atoms with Crippen LogP contribution in [-0.4, -0.2) is 45.4 Å². The highest BCUT2D eigenvalue weighted by molar-refractivity contribution is 6.89. The number of carbonyl (C=O) groups is 2. The average molecular weight is 500 g/mol. The van der Waals surface area contributed by atoms with Crippen LogP contribution in [-0.2, 0) is 25.5 Å². The molecule has 0 amide bonds. The molecule has 6 nitrogen and oxygen atoms in total. The molecule has 0 bridgehead atoms. The van der Waals surface area contributed by atoms with Crippen LogP contribution >= 0.6 is 0 Å². The van der Waals surface area contributed by atoms with Crippen molar-refractivity contribution in [1.82, 2.24) is 0 Å². The number of rotatable bonds is 15. The van der Waals surface area contributed by atoms with E-state index in [0.29, 0.717) is 13.0 Å². The highest BCUT2D eigenvalue weighted by atomic mass is 28.3. The van der Waals surface area contributed by atoms with Gasteiger partial charge in [-0.2, -0.15) is 0 Å². The van der Waals surface area contributed by atoms with E-state index in [1.54, 1.807) is 13.8 Å². The summed E-state index contributed by atoms with van der Waals surface area (Å²) in [5.74, 6) is -0.705. The second-order valence-electron chi connectivity index (χ2n) is 9.47. The number of esters is 2. The summed E-state index contributed by atoms with van der Waals surface area (Å²) in [6.45, 7) is 9.21. The Kier molecular flexibility index (Phi) is 11.5. The summed E-state index contributed by atoms with van der Waals surface area (Å²) in [7, 11) is -1.36. The van der Waals surface area contributed by atoms with Gasteiger partial charge in [0.25, 0.3) is 0 Å². The Bertz CT molecular complexity index is 897. The van der Waals surface area contributed by atoms with Gasteiger partial charge in [0, 0.05) is 0 Å².